The van der Waals surface area contributed by atoms with Crippen LogP contribution in [0.3, 0.4) is 0 Å². The highest BCUT2D eigenvalue weighted by Crippen LogP contribution is 2.30. The third-order valence-electron chi connectivity index (χ3n) is 5.72. The zero-order valence-corrected chi connectivity index (χ0v) is 19.3. The molecule has 2 heterocycles. The van der Waals surface area contributed by atoms with Gasteiger partial charge in [-0.25, -0.2) is 4.79 Å². The van der Waals surface area contributed by atoms with Crippen LogP contribution in [0, 0.1) is 20.8 Å². The summed E-state index contributed by atoms with van der Waals surface area (Å²) in [5, 5.41) is 15.5. The molecule has 0 spiro atoms. The highest BCUT2D eigenvalue weighted by Gasteiger charge is 2.28. The van der Waals surface area contributed by atoms with Gasteiger partial charge in [0.2, 0.25) is 5.01 Å². The van der Waals surface area contributed by atoms with Gasteiger partial charge in [-0.05, 0) is 62.4 Å². The topological polar surface area (TPSA) is 87.2 Å². The number of aromatic nitrogens is 2. The standard InChI is InChI=1S/C24H27N5O2S/c1-15-10-11-17(3)20(13-15)26-24(31)29-12-6-8-18(14-29)22-27-28-23(32-22)21(30)25-19-9-5-4-7-16(19)2/h4-5,7,9-11,13,18H,6,8,12,14H2,1-3H3,(H,25,30)(H,26,31)/t18-/m0/s1. The molecule has 32 heavy (non-hydrogen) atoms. The van der Waals surface area contributed by atoms with Crippen molar-refractivity contribution in [1.29, 1.82) is 0 Å². The molecule has 3 amide bonds. The summed E-state index contributed by atoms with van der Waals surface area (Å²) in [5.41, 5.74) is 4.73. The van der Waals surface area contributed by atoms with Crippen molar-refractivity contribution in [3.8, 4) is 0 Å². The van der Waals surface area contributed by atoms with Crippen LogP contribution >= 0.6 is 11.3 Å². The van der Waals surface area contributed by atoms with E-state index in [2.05, 4.69) is 20.8 Å². The van der Waals surface area contributed by atoms with Crippen LogP contribution in [0.1, 0.15) is 50.3 Å². The van der Waals surface area contributed by atoms with Crippen LogP contribution < -0.4 is 10.6 Å². The summed E-state index contributed by atoms with van der Waals surface area (Å²) in [6.07, 6.45) is 1.80. The van der Waals surface area contributed by atoms with Gasteiger partial charge in [-0.2, -0.15) is 0 Å². The molecule has 3 aromatic rings. The first-order valence-corrected chi connectivity index (χ1v) is 11.6. The predicted molar refractivity (Wildman–Crippen MR) is 128 cm³/mol. The number of nitrogens with one attached hydrogen (secondary N) is 2. The van der Waals surface area contributed by atoms with E-state index in [0.29, 0.717) is 18.1 Å². The van der Waals surface area contributed by atoms with Crippen molar-refractivity contribution in [3.05, 3.63) is 69.2 Å². The molecule has 1 saturated heterocycles. The molecule has 7 nitrogen and oxygen atoms in total. The lowest BCUT2D eigenvalue weighted by molar-refractivity contribution is 0.102. The number of aryl methyl sites for hydroxylation is 3. The number of likely N-dealkylation sites (tertiary alicyclic amines) is 1. The van der Waals surface area contributed by atoms with Crippen molar-refractivity contribution in [2.45, 2.75) is 39.5 Å². The molecule has 8 heteroatoms. The van der Waals surface area contributed by atoms with Gasteiger partial charge in [0, 0.05) is 30.4 Å². The van der Waals surface area contributed by atoms with Gasteiger partial charge in [-0.15, -0.1) is 10.2 Å². The lowest BCUT2D eigenvalue weighted by Gasteiger charge is -2.31. The second-order valence-corrected chi connectivity index (χ2v) is 9.26. The van der Waals surface area contributed by atoms with Gasteiger partial charge in [0.05, 0.1) is 0 Å². The zero-order valence-electron chi connectivity index (χ0n) is 18.5. The minimum absolute atomic E-state index is 0.0746. The quantitative estimate of drug-likeness (QED) is 0.578. The molecule has 1 aromatic heterocycles. The van der Waals surface area contributed by atoms with Crippen molar-refractivity contribution in [3.63, 3.8) is 0 Å². The van der Waals surface area contributed by atoms with E-state index >= 15 is 0 Å². The molecule has 0 saturated carbocycles. The highest BCUT2D eigenvalue weighted by atomic mass is 32.1. The summed E-state index contributed by atoms with van der Waals surface area (Å²) in [7, 11) is 0. The van der Waals surface area contributed by atoms with E-state index in [1.54, 1.807) is 0 Å². The first-order chi connectivity index (χ1) is 15.4. The molecular weight excluding hydrogens is 422 g/mol. The number of nitrogens with zero attached hydrogens (tertiary/aromatic N) is 3. The van der Waals surface area contributed by atoms with Crippen molar-refractivity contribution >= 4 is 34.6 Å². The number of carbonyl (C=O) groups excluding carboxylic acids is 2. The highest BCUT2D eigenvalue weighted by molar-refractivity contribution is 7.13. The fraction of sp³-hybridized carbons (Fsp3) is 0.333. The van der Waals surface area contributed by atoms with Gasteiger partial charge in [0.15, 0.2) is 0 Å². The number of piperidine rings is 1. The van der Waals surface area contributed by atoms with Gasteiger partial charge in [0.25, 0.3) is 5.91 Å². The summed E-state index contributed by atoms with van der Waals surface area (Å²) in [6.45, 7) is 7.20. The molecular formula is C24H27N5O2S. The van der Waals surface area contributed by atoms with E-state index < -0.39 is 0 Å². The fourth-order valence-electron chi connectivity index (χ4n) is 3.81. The van der Waals surface area contributed by atoms with Crippen molar-refractivity contribution < 1.29 is 9.59 Å². The predicted octanol–water partition coefficient (Wildman–Crippen LogP) is 5.13. The fourth-order valence-corrected chi connectivity index (χ4v) is 4.67. The molecule has 2 N–H and O–H groups in total. The first-order valence-electron chi connectivity index (χ1n) is 10.7. The molecule has 1 aliphatic rings. The maximum absolute atomic E-state index is 12.9. The first kappa shape index (κ1) is 22.0. The molecule has 1 atom stereocenters. The largest absolute Gasteiger partial charge is 0.324 e. The third kappa shape index (κ3) is 4.96. The molecule has 0 radical (unpaired) electrons. The molecule has 1 fully saturated rings. The Labute approximate surface area is 191 Å². The molecule has 0 unspecified atom stereocenters. The summed E-state index contributed by atoms with van der Waals surface area (Å²) in [5.74, 6) is -0.186. The Morgan fingerprint density at radius 1 is 1.00 bits per heavy atom. The average molecular weight is 450 g/mol. The summed E-state index contributed by atoms with van der Waals surface area (Å²) in [6, 6.07) is 13.5. The molecule has 0 bridgehead atoms. The Kier molecular flexibility index (Phi) is 6.50. The number of anilines is 2. The van der Waals surface area contributed by atoms with E-state index in [0.717, 1.165) is 45.9 Å². The van der Waals surface area contributed by atoms with E-state index in [1.165, 1.54) is 11.3 Å². The number of amides is 3. The SMILES string of the molecule is Cc1ccc(C)c(NC(=O)N2CCC[C@H](c3nnc(C(=O)Nc4ccccc4C)s3)C2)c1. The maximum Gasteiger partial charge on any atom is 0.321 e. The Hall–Kier alpha value is -3.26. The van der Waals surface area contributed by atoms with E-state index in [4.69, 9.17) is 0 Å². The second kappa shape index (κ2) is 9.48. The monoisotopic (exact) mass is 449 g/mol. The maximum atomic E-state index is 12.9. The molecule has 166 valence electrons. The number of carbonyl (C=O) groups is 2. The summed E-state index contributed by atoms with van der Waals surface area (Å²) < 4.78 is 0. The smallest absolute Gasteiger partial charge is 0.321 e. The minimum atomic E-state index is -0.261. The van der Waals surface area contributed by atoms with Crippen molar-refractivity contribution in [2.75, 3.05) is 23.7 Å². The van der Waals surface area contributed by atoms with Gasteiger partial charge >= 0.3 is 6.03 Å². The molecule has 2 aromatic carbocycles. The lowest BCUT2D eigenvalue weighted by atomic mass is 9.99. The molecule has 4 rings (SSSR count). The number of benzene rings is 2. The van der Waals surface area contributed by atoms with Gasteiger partial charge < -0.3 is 15.5 Å². The van der Waals surface area contributed by atoms with E-state index in [1.807, 2.05) is 68.1 Å². The second-order valence-electron chi connectivity index (χ2n) is 8.25. The number of rotatable bonds is 4. The Morgan fingerprint density at radius 3 is 2.59 bits per heavy atom. The van der Waals surface area contributed by atoms with Crippen LogP contribution in [0.5, 0.6) is 0 Å². The van der Waals surface area contributed by atoms with Crippen LogP contribution in [-0.4, -0.2) is 40.1 Å². The van der Waals surface area contributed by atoms with Crippen LogP contribution in [0.25, 0.3) is 0 Å². The van der Waals surface area contributed by atoms with Crippen LogP contribution in [-0.2, 0) is 0 Å². The minimum Gasteiger partial charge on any atom is -0.324 e. The average Bonchev–Trinajstić information content (AvgIpc) is 3.28. The molecule has 0 aliphatic carbocycles. The third-order valence-corrected chi connectivity index (χ3v) is 6.81. The van der Waals surface area contributed by atoms with Crippen molar-refractivity contribution in [2.24, 2.45) is 0 Å². The van der Waals surface area contributed by atoms with Crippen LogP contribution in [0.2, 0.25) is 0 Å². The van der Waals surface area contributed by atoms with Crippen LogP contribution in [0.15, 0.2) is 42.5 Å². The van der Waals surface area contributed by atoms with Gasteiger partial charge in [-0.3, -0.25) is 4.79 Å². The van der Waals surface area contributed by atoms with Gasteiger partial charge in [0.1, 0.15) is 5.01 Å². The van der Waals surface area contributed by atoms with Crippen molar-refractivity contribution in [1.82, 2.24) is 15.1 Å². The zero-order chi connectivity index (χ0) is 22.7. The van der Waals surface area contributed by atoms with Crippen LogP contribution in [0.4, 0.5) is 16.2 Å². The van der Waals surface area contributed by atoms with E-state index in [-0.39, 0.29) is 17.9 Å². The summed E-state index contributed by atoms with van der Waals surface area (Å²) in [4.78, 5) is 27.3. The normalized spacial score (nSPS) is 16.0. The number of hydrogen-bond donors (Lipinski definition) is 2. The Morgan fingerprint density at radius 2 is 1.78 bits per heavy atom. The molecule has 1 aliphatic heterocycles. The Bertz CT molecular complexity index is 1140. The number of urea groups is 1. The Balaban J connectivity index is 1.41. The number of hydrogen-bond acceptors (Lipinski definition) is 5. The van der Waals surface area contributed by atoms with E-state index in [9.17, 15) is 9.59 Å². The lowest BCUT2D eigenvalue weighted by Crippen LogP contribution is -2.41. The van der Waals surface area contributed by atoms with Gasteiger partial charge in [-0.1, -0.05) is 41.7 Å². The summed E-state index contributed by atoms with van der Waals surface area (Å²) >= 11 is 1.30. The number of para-hydroxylation sites is 1.